The first-order valence-corrected chi connectivity index (χ1v) is 8.23. The molecule has 5 nitrogen and oxygen atoms in total. The smallest absolute Gasteiger partial charge is 0.335 e. The molecule has 2 N–H and O–H groups in total. The quantitative estimate of drug-likeness (QED) is 0.502. The molecule has 0 fully saturated rings. The second-order valence-electron chi connectivity index (χ2n) is 5.81. The minimum atomic E-state index is -0.946. The fraction of sp³-hybridized carbons (Fsp3) is 0.0500. The lowest BCUT2D eigenvalue weighted by Gasteiger charge is -2.00. The highest BCUT2D eigenvalue weighted by Crippen LogP contribution is 2.35. The molecule has 2 aromatic carbocycles. The normalized spacial score (nSPS) is 11.0. The molecule has 4 aromatic rings. The first-order valence-electron chi connectivity index (χ1n) is 7.85. The molecule has 0 aliphatic rings. The maximum absolute atomic E-state index is 11.0. The maximum atomic E-state index is 11.0. The van der Waals surface area contributed by atoms with Crippen LogP contribution in [0.3, 0.4) is 0 Å². The summed E-state index contributed by atoms with van der Waals surface area (Å²) < 4.78 is 11.1. The van der Waals surface area contributed by atoms with E-state index in [-0.39, 0.29) is 5.56 Å². The van der Waals surface area contributed by atoms with Crippen LogP contribution in [0.5, 0.6) is 5.75 Å². The van der Waals surface area contributed by atoms with Crippen molar-refractivity contribution in [3.8, 4) is 28.5 Å². The molecular formula is C20H14ClNO4. The number of halogens is 1. The van der Waals surface area contributed by atoms with Gasteiger partial charge >= 0.3 is 5.97 Å². The molecule has 0 amide bonds. The number of rotatable bonds is 4. The Balaban J connectivity index is 1.70. The molecular weight excluding hydrogens is 354 g/mol. The molecule has 0 spiro atoms. The van der Waals surface area contributed by atoms with E-state index in [9.17, 15) is 4.79 Å². The van der Waals surface area contributed by atoms with Crippen LogP contribution in [0.25, 0.3) is 33.7 Å². The number of benzene rings is 2. The Hall–Kier alpha value is -3.18. The van der Waals surface area contributed by atoms with Gasteiger partial charge in [-0.2, -0.15) is 0 Å². The Morgan fingerprint density at radius 1 is 1.08 bits per heavy atom. The van der Waals surface area contributed by atoms with E-state index in [0.29, 0.717) is 22.1 Å². The minimum absolute atomic E-state index is 0.251. The molecule has 0 radical (unpaired) electrons. The van der Waals surface area contributed by atoms with E-state index in [1.54, 1.807) is 37.4 Å². The standard InChI is InChI=1S/C20H14ClNO4/c1-25-14-8-13-9-18(26-19(13)15(21)10-14)17-7-6-16(22-17)11-2-4-12(5-3-11)20(23)24/h2-10,22H,1H3,(H,23,24). The summed E-state index contributed by atoms with van der Waals surface area (Å²) in [6, 6.07) is 16.0. The Kier molecular flexibility index (Phi) is 3.93. The minimum Gasteiger partial charge on any atom is -0.497 e. The van der Waals surface area contributed by atoms with Crippen LogP contribution in [0.4, 0.5) is 0 Å². The van der Waals surface area contributed by atoms with Crippen LogP contribution in [0.1, 0.15) is 10.4 Å². The fourth-order valence-corrected chi connectivity index (χ4v) is 3.09. The fourth-order valence-electron chi connectivity index (χ4n) is 2.83. The van der Waals surface area contributed by atoms with E-state index in [1.807, 2.05) is 24.3 Å². The van der Waals surface area contributed by atoms with Gasteiger partial charge in [0.05, 0.1) is 23.4 Å². The van der Waals surface area contributed by atoms with Crippen molar-refractivity contribution in [2.24, 2.45) is 0 Å². The third kappa shape index (κ3) is 2.82. The molecule has 6 heteroatoms. The second kappa shape index (κ2) is 6.28. The molecule has 0 saturated carbocycles. The Morgan fingerprint density at radius 3 is 2.50 bits per heavy atom. The lowest BCUT2D eigenvalue weighted by Crippen LogP contribution is -1.94. The van der Waals surface area contributed by atoms with Crippen LogP contribution in [0.2, 0.25) is 5.02 Å². The van der Waals surface area contributed by atoms with Crippen LogP contribution in [-0.2, 0) is 0 Å². The van der Waals surface area contributed by atoms with Crippen molar-refractivity contribution in [3.05, 3.63) is 65.2 Å². The average Bonchev–Trinajstić information content (AvgIpc) is 3.28. The summed E-state index contributed by atoms with van der Waals surface area (Å²) >= 11 is 6.25. The van der Waals surface area contributed by atoms with Crippen LogP contribution < -0.4 is 4.74 Å². The van der Waals surface area contributed by atoms with Crippen LogP contribution >= 0.6 is 11.6 Å². The number of carboxylic acids is 1. The van der Waals surface area contributed by atoms with Crippen molar-refractivity contribution in [1.82, 2.24) is 4.98 Å². The second-order valence-corrected chi connectivity index (χ2v) is 6.21. The highest BCUT2D eigenvalue weighted by molar-refractivity contribution is 6.35. The lowest BCUT2D eigenvalue weighted by atomic mass is 10.1. The zero-order valence-electron chi connectivity index (χ0n) is 13.7. The molecule has 0 saturated heterocycles. The van der Waals surface area contributed by atoms with E-state index in [0.717, 1.165) is 22.3 Å². The van der Waals surface area contributed by atoms with Gasteiger partial charge in [0.1, 0.15) is 5.75 Å². The lowest BCUT2D eigenvalue weighted by molar-refractivity contribution is 0.0697. The average molecular weight is 368 g/mol. The predicted molar refractivity (Wildman–Crippen MR) is 100.0 cm³/mol. The maximum Gasteiger partial charge on any atom is 0.335 e. The van der Waals surface area contributed by atoms with Crippen molar-refractivity contribution >= 4 is 28.5 Å². The summed E-state index contributed by atoms with van der Waals surface area (Å²) in [5.41, 5.74) is 3.40. The van der Waals surface area contributed by atoms with Gasteiger partial charge in [-0.15, -0.1) is 0 Å². The zero-order valence-corrected chi connectivity index (χ0v) is 14.5. The number of nitrogens with one attached hydrogen (secondary N) is 1. The SMILES string of the molecule is COc1cc(Cl)c2oc(-c3ccc(-c4ccc(C(=O)O)cc4)[nH]3)cc2c1. The third-order valence-electron chi connectivity index (χ3n) is 4.17. The van der Waals surface area contributed by atoms with Gasteiger partial charge in [0.15, 0.2) is 11.3 Å². The third-order valence-corrected chi connectivity index (χ3v) is 4.46. The number of aromatic carboxylic acids is 1. The summed E-state index contributed by atoms with van der Waals surface area (Å²) in [6.45, 7) is 0. The van der Waals surface area contributed by atoms with Gasteiger partial charge in [-0.3, -0.25) is 0 Å². The van der Waals surface area contributed by atoms with Gasteiger partial charge in [0.25, 0.3) is 0 Å². The summed E-state index contributed by atoms with van der Waals surface area (Å²) in [4.78, 5) is 14.2. The van der Waals surface area contributed by atoms with E-state index < -0.39 is 5.97 Å². The number of methoxy groups -OCH3 is 1. The first-order chi connectivity index (χ1) is 12.5. The highest BCUT2D eigenvalue weighted by atomic mass is 35.5. The molecule has 0 aliphatic carbocycles. The number of hydrogen-bond donors (Lipinski definition) is 2. The van der Waals surface area contributed by atoms with Crippen molar-refractivity contribution in [2.45, 2.75) is 0 Å². The highest BCUT2D eigenvalue weighted by Gasteiger charge is 2.13. The van der Waals surface area contributed by atoms with E-state index in [2.05, 4.69) is 4.98 Å². The van der Waals surface area contributed by atoms with E-state index in [1.165, 1.54) is 0 Å². The number of ether oxygens (including phenoxy) is 1. The summed E-state index contributed by atoms with van der Waals surface area (Å²) in [7, 11) is 1.59. The molecule has 2 heterocycles. The molecule has 0 unspecified atom stereocenters. The van der Waals surface area contributed by atoms with Crippen molar-refractivity contribution in [3.63, 3.8) is 0 Å². The van der Waals surface area contributed by atoms with Gasteiger partial charge in [-0.05, 0) is 42.0 Å². The van der Waals surface area contributed by atoms with Crippen molar-refractivity contribution < 1.29 is 19.1 Å². The number of carboxylic acid groups (broad SMARTS) is 1. The Bertz CT molecular complexity index is 1110. The largest absolute Gasteiger partial charge is 0.497 e. The molecule has 2 aromatic heterocycles. The first kappa shape index (κ1) is 16.3. The van der Waals surface area contributed by atoms with Crippen molar-refractivity contribution in [1.29, 1.82) is 0 Å². The van der Waals surface area contributed by atoms with Crippen LogP contribution in [-0.4, -0.2) is 23.2 Å². The predicted octanol–water partition coefficient (Wildman–Crippen LogP) is 5.46. The topological polar surface area (TPSA) is 75.5 Å². The van der Waals surface area contributed by atoms with E-state index in [4.69, 9.17) is 25.9 Å². The van der Waals surface area contributed by atoms with Gasteiger partial charge in [0.2, 0.25) is 0 Å². The summed E-state index contributed by atoms with van der Waals surface area (Å²) in [6.07, 6.45) is 0. The zero-order chi connectivity index (χ0) is 18.3. The number of carbonyl (C=O) groups is 1. The molecule has 130 valence electrons. The molecule has 4 rings (SSSR count). The van der Waals surface area contributed by atoms with Gasteiger partial charge < -0.3 is 19.2 Å². The Labute approximate surface area is 153 Å². The molecule has 0 bridgehead atoms. The number of hydrogen-bond acceptors (Lipinski definition) is 3. The number of furan rings is 1. The number of aromatic nitrogens is 1. The number of aromatic amines is 1. The summed E-state index contributed by atoms with van der Waals surface area (Å²) in [5, 5.41) is 10.3. The van der Waals surface area contributed by atoms with Crippen LogP contribution in [0, 0.1) is 0 Å². The van der Waals surface area contributed by atoms with Gasteiger partial charge in [0, 0.05) is 17.1 Å². The van der Waals surface area contributed by atoms with Crippen molar-refractivity contribution in [2.75, 3.05) is 7.11 Å². The monoisotopic (exact) mass is 367 g/mol. The summed E-state index contributed by atoms with van der Waals surface area (Å²) in [5.74, 6) is 0.377. The molecule has 26 heavy (non-hydrogen) atoms. The van der Waals surface area contributed by atoms with Crippen LogP contribution in [0.15, 0.2) is 59.0 Å². The number of fused-ring (bicyclic) bond motifs is 1. The van der Waals surface area contributed by atoms with Gasteiger partial charge in [-0.25, -0.2) is 4.79 Å². The Morgan fingerprint density at radius 2 is 1.81 bits per heavy atom. The molecule has 0 aliphatic heterocycles. The van der Waals surface area contributed by atoms with E-state index >= 15 is 0 Å². The van der Waals surface area contributed by atoms with Gasteiger partial charge in [-0.1, -0.05) is 23.7 Å². The number of H-pyrrole nitrogens is 1. The molecule has 0 atom stereocenters.